The Labute approximate surface area is 164 Å². The largest absolute Gasteiger partial charge is 0.462 e. The highest BCUT2D eigenvalue weighted by atomic mass is 16.6. The molecule has 0 bridgehead atoms. The van der Waals surface area contributed by atoms with Crippen LogP contribution in [0, 0.1) is 10.1 Å². The summed E-state index contributed by atoms with van der Waals surface area (Å²) in [6, 6.07) is 4.00. The van der Waals surface area contributed by atoms with Gasteiger partial charge in [0, 0.05) is 37.8 Å². The van der Waals surface area contributed by atoms with Crippen LogP contribution in [0.5, 0.6) is 0 Å². The van der Waals surface area contributed by atoms with Crippen molar-refractivity contribution in [2.24, 2.45) is 0 Å². The molecule has 28 heavy (non-hydrogen) atoms. The summed E-state index contributed by atoms with van der Waals surface area (Å²) in [6.07, 6.45) is -0.381. The molecule has 1 amide bonds. The van der Waals surface area contributed by atoms with Gasteiger partial charge in [0.2, 0.25) is 0 Å². The lowest BCUT2D eigenvalue weighted by molar-refractivity contribution is -0.384. The number of hydrogen-bond acceptors (Lipinski definition) is 7. The number of non-ortho nitro benzene ring substituents is 1. The van der Waals surface area contributed by atoms with Gasteiger partial charge in [0.1, 0.15) is 5.60 Å². The van der Waals surface area contributed by atoms with Gasteiger partial charge in [-0.05, 0) is 40.7 Å². The zero-order chi connectivity index (χ0) is 21.1. The molecule has 0 N–H and O–H groups in total. The van der Waals surface area contributed by atoms with Gasteiger partial charge in [-0.3, -0.25) is 10.1 Å². The van der Waals surface area contributed by atoms with Gasteiger partial charge in [0.15, 0.2) is 0 Å². The molecule has 0 aliphatic carbocycles. The zero-order valence-corrected chi connectivity index (χ0v) is 16.9. The van der Waals surface area contributed by atoms with Crippen molar-refractivity contribution in [2.75, 3.05) is 31.1 Å². The van der Waals surface area contributed by atoms with E-state index in [9.17, 15) is 19.7 Å². The molecule has 1 aromatic carbocycles. The van der Waals surface area contributed by atoms with Crippen LogP contribution >= 0.6 is 0 Å². The van der Waals surface area contributed by atoms with Crippen LogP contribution in [0.4, 0.5) is 16.2 Å². The maximum Gasteiger partial charge on any atom is 0.410 e. The van der Waals surface area contributed by atoms with Crippen LogP contribution in [0.25, 0.3) is 0 Å². The van der Waals surface area contributed by atoms with E-state index in [4.69, 9.17) is 9.47 Å². The van der Waals surface area contributed by atoms with Crippen molar-refractivity contribution < 1.29 is 24.0 Å². The molecule has 9 nitrogen and oxygen atoms in total. The number of anilines is 1. The molecule has 1 atom stereocenters. The number of ether oxygens (including phenoxy) is 2. The summed E-state index contributed by atoms with van der Waals surface area (Å²) in [5.74, 6) is -0.608. The third-order valence-corrected chi connectivity index (χ3v) is 4.28. The van der Waals surface area contributed by atoms with E-state index in [0.717, 1.165) is 0 Å². The molecule has 154 valence electrons. The first-order valence-electron chi connectivity index (χ1n) is 9.23. The molecule has 1 aliphatic heterocycles. The number of amides is 1. The number of nitro groups is 1. The second-order valence-electron chi connectivity index (χ2n) is 7.65. The van der Waals surface area contributed by atoms with Crippen LogP contribution in [0.2, 0.25) is 0 Å². The van der Waals surface area contributed by atoms with Gasteiger partial charge in [-0.2, -0.15) is 0 Å². The van der Waals surface area contributed by atoms with E-state index in [1.165, 1.54) is 12.1 Å². The van der Waals surface area contributed by atoms with Gasteiger partial charge < -0.3 is 19.3 Å². The van der Waals surface area contributed by atoms with Gasteiger partial charge >= 0.3 is 12.1 Å². The average Bonchev–Trinajstić information content (AvgIpc) is 2.59. The lowest BCUT2D eigenvalue weighted by atomic mass is 10.1. The monoisotopic (exact) mass is 393 g/mol. The van der Waals surface area contributed by atoms with Gasteiger partial charge in [0.05, 0.1) is 22.8 Å². The molecule has 0 aromatic heterocycles. The van der Waals surface area contributed by atoms with Crippen LogP contribution in [-0.2, 0) is 9.47 Å². The lowest BCUT2D eigenvalue weighted by Gasteiger charge is -2.41. The molecule has 1 saturated heterocycles. The second kappa shape index (κ2) is 8.45. The molecule has 0 unspecified atom stereocenters. The van der Waals surface area contributed by atoms with Crippen LogP contribution in [0.1, 0.15) is 45.0 Å². The summed E-state index contributed by atoms with van der Waals surface area (Å²) in [5.41, 5.74) is -0.0513. The van der Waals surface area contributed by atoms with Crippen molar-refractivity contribution >= 4 is 23.4 Å². The fourth-order valence-corrected chi connectivity index (χ4v) is 3.05. The molecule has 0 saturated carbocycles. The Bertz CT molecular complexity index is 759. The number of nitrogens with zero attached hydrogens (tertiary/aromatic N) is 3. The summed E-state index contributed by atoms with van der Waals surface area (Å²) in [4.78, 5) is 38.8. The number of nitro benzene ring substituents is 1. The third-order valence-electron chi connectivity index (χ3n) is 4.28. The highest BCUT2D eigenvalue weighted by Crippen LogP contribution is 2.29. The maximum atomic E-state index is 12.4. The van der Waals surface area contributed by atoms with Gasteiger partial charge in [0.25, 0.3) is 5.69 Å². The van der Waals surface area contributed by atoms with Gasteiger partial charge in [-0.1, -0.05) is 0 Å². The second-order valence-corrected chi connectivity index (χ2v) is 7.65. The van der Waals surface area contributed by atoms with E-state index < -0.39 is 16.5 Å². The minimum Gasteiger partial charge on any atom is -0.462 e. The quantitative estimate of drug-likeness (QED) is 0.440. The zero-order valence-electron chi connectivity index (χ0n) is 16.9. The molecule has 1 heterocycles. The Balaban J connectivity index is 2.23. The number of benzene rings is 1. The summed E-state index contributed by atoms with van der Waals surface area (Å²) >= 11 is 0. The fraction of sp³-hybridized carbons (Fsp3) is 0.579. The molecule has 1 aromatic rings. The molecular weight excluding hydrogens is 366 g/mol. The van der Waals surface area contributed by atoms with Gasteiger partial charge in [-0.25, -0.2) is 9.59 Å². The average molecular weight is 393 g/mol. The number of rotatable bonds is 4. The minimum atomic E-state index is -0.608. The lowest BCUT2D eigenvalue weighted by Crippen LogP contribution is -2.55. The van der Waals surface area contributed by atoms with E-state index in [1.54, 1.807) is 17.9 Å². The topological polar surface area (TPSA) is 102 Å². The third kappa shape index (κ3) is 5.11. The summed E-state index contributed by atoms with van der Waals surface area (Å²) in [6.45, 7) is 10.5. The van der Waals surface area contributed by atoms with Gasteiger partial charge in [-0.15, -0.1) is 0 Å². The predicted molar refractivity (Wildman–Crippen MR) is 104 cm³/mol. The summed E-state index contributed by atoms with van der Waals surface area (Å²) in [5, 5.41) is 11.1. The number of carbonyl (C=O) groups is 2. The summed E-state index contributed by atoms with van der Waals surface area (Å²) in [7, 11) is 0. The molecule has 9 heteroatoms. The van der Waals surface area contributed by atoms with Crippen molar-refractivity contribution in [1.29, 1.82) is 0 Å². The van der Waals surface area contributed by atoms with E-state index in [1.807, 2.05) is 32.6 Å². The SMILES string of the molecule is CCOC(=O)c1cc([N+](=O)[O-])ccc1N1CCN(C(=O)OC(C)(C)C)[C@H](C)C1. The highest BCUT2D eigenvalue weighted by Gasteiger charge is 2.32. The molecule has 0 spiro atoms. The van der Waals surface area contributed by atoms with E-state index in [0.29, 0.717) is 25.3 Å². The number of hydrogen-bond donors (Lipinski definition) is 0. The number of piperazine rings is 1. The van der Waals surface area contributed by atoms with Crippen LogP contribution < -0.4 is 4.90 Å². The molecular formula is C19H27N3O6. The minimum absolute atomic E-state index is 0.147. The number of esters is 1. The maximum absolute atomic E-state index is 12.4. The Morgan fingerprint density at radius 3 is 2.50 bits per heavy atom. The first kappa shape index (κ1) is 21.5. The Kier molecular flexibility index (Phi) is 6.48. The van der Waals surface area contributed by atoms with Crippen molar-refractivity contribution in [3.63, 3.8) is 0 Å². The Hall–Kier alpha value is -2.84. The van der Waals surface area contributed by atoms with Crippen molar-refractivity contribution in [3.8, 4) is 0 Å². The van der Waals surface area contributed by atoms with Crippen LogP contribution in [-0.4, -0.2) is 59.8 Å². The first-order valence-corrected chi connectivity index (χ1v) is 9.23. The van der Waals surface area contributed by atoms with Crippen LogP contribution in [0.3, 0.4) is 0 Å². The Morgan fingerprint density at radius 1 is 1.29 bits per heavy atom. The fourth-order valence-electron chi connectivity index (χ4n) is 3.05. The highest BCUT2D eigenvalue weighted by molar-refractivity contribution is 5.96. The summed E-state index contributed by atoms with van der Waals surface area (Å²) < 4.78 is 10.5. The van der Waals surface area contributed by atoms with Crippen LogP contribution in [0.15, 0.2) is 18.2 Å². The molecule has 0 radical (unpaired) electrons. The van der Waals surface area contributed by atoms with Crippen molar-refractivity contribution in [2.45, 2.75) is 46.3 Å². The van der Waals surface area contributed by atoms with Crippen molar-refractivity contribution in [1.82, 2.24) is 4.90 Å². The molecule has 1 aliphatic rings. The normalized spacial score (nSPS) is 17.2. The van der Waals surface area contributed by atoms with Crippen molar-refractivity contribution in [3.05, 3.63) is 33.9 Å². The van der Waals surface area contributed by atoms with E-state index >= 15 is 0 Å². The number of carbonyl (C=O) groups excluding carboxylic acids is 2. The molecule has 1 fully saturated rings. The smallest absolute Gasteiger partial charge is 0.410 e. The molecule has 2 rings (SSSR count). The van der Waals surface area contributed by atoms with E-state index in [-0.39, 0.29) is 30.0 Å². The Morgan fingerprint density at radius 2 is 1.96 bits per heavy atom. The standard InChI is InChI=1S/C19H27N3O6/c1-6-27-17(23)15-11-14(22(25)26)7-8-16(15)20-9-10-21(13(2)12-20)18(24)28-19(3,4)5/h7-8,11,13H,6,9-10,12H2,1-5H3/t13-/m1/s1. The first-order chi connectivity index (χ1) is 13.0. The van der Waals surface area contributed by atoms with E-state index in [2.05, 4.69) is 0 Å². The predicted octanol–water partition coefficient (Wildman–Crippen LogP) is 3.22.